The van der Waals surface area contributed by atoms with Crippen LogP contribution in [0.25, 0.3) is 0 Å². The summed E-state index contributed by atoms with van der Waals surface area (Å²) in [5, 5.41) is 0. The number of unbranched alkanes of at least 4 members (excludes halogenated alkanes) is 14. The number of hydrogen-bond acceptors (Lipinski definition) is 2. The number of hydrogen-bond donors (Lipinski definition) is 0. The fraction of sp³-hybridized carbons (Fsp3) is 1.00. The average Bonchev–Trinajstić information content (AvgIpc) is 2.60. The lowest BCUT2D eigenvalue weighted by Gasteiger charge is -2.30. The zero-order chi connectivity index (χ0) is 19.9. The Morgan fingerprint density at radius 2 is 0.731 bits per heavy atom. The van der Waals surface area contributed by atoms with Crippen molar-refractivity contribution < 1.29 is 28.4 Å². The van der Waals surface area contributed by atoms with E-state index in [9.17, 15) is 0 Å². The zero-order valence-corrected chi connectivity index (χ0v) is 20.0. The summed E-state index contributed by atoms with van der Waals surface area (Å²) in [6.45, 7) is 7.36. The summed E-state index contributed by atoms with van der Waals surface area (Å²) >= 11 is -1.44. The quantitative estimate of drug-likeness (QED) is 0.224. The first-order valence-corrected chi connectivity index (χ1v) is 12.5. The minimum absolute atomic E-state index is 1.24. The van der Waals surface area contributed by atoms with Crippen molar-refractivity contribution in [3.63, 3.8) is 0 Å². The van der Waals surface area contributed by atoms with Gasteiger partial charge in [0.05, 0.1) is 27.2 Å². The summed E-state index contributed by atoms with van der Waals surface area (Å²) in [6.07, 6.45) is 23.0. The van der Waals surface area contributed by atoms with Gasteiger partial charge in [-0.1, -0.05) is 90.9 Å². The minimum Gasteiger partial charge on any atom is -0.585 e. The molecule has 0 saturated carbocycles. The smallest absolute Gasteiger partial charge is 0.170 e. The van der Waals surface area contributed by atoms with E-state index in [2.05, 4.69) is 27.9 Å². The number of rotatable bonds is 18. The van der Waals surface area contributed by atoms with Crippen molar-refractivity contribution in [3.8, 4) is 0 Å². The third-order valence-corrected chi connectivity index (χ3v) is 5.23. The third-order valence-electron chi connectivity index (χ3n) is 5.23. The van der Waals surface area contributed by atoms with Gasteiger partial charge in [-0.2, -0.15) is 0 Å². The molecule has 0 saturated heterocycles. The van der Waals surface area contributed by atoms with Crippen LogP contribution in [0.15, 0.2) is 0 Å². The summed E-state index contributed by atoms with van der Waals surface area (Å²) in [6, 6.07) is 0. The molecule has 0 radical (unpaired) electrons. The van der Waals surface area contributed by atoms with Gasteiger partial charge in [0, 0.05) is 0 Å². The summed E-state index contributed by atoms with van der Waals surface area (Å²) in [4.78, 5) is 0. The van der Waals surface area contributed by atoms with Gasteiger partial charge in [0.15, 0.2) is 15.5 Å². The van der Waals surface area contributed by atoms with Gasteiger partial charge in [0.2, 0.25) is 0 Å². The van der Waals surface area contributed by atoms with Crippen LogP contribution in [0.5, 0.6) is 0 Å². The molecule has 0 aromatic heterocycles. The Kier molecular flexibility index (Phi) is 25.7. The highest BCUT2D eigenvalue weighted by Crippen LogP contribution is 2.13. The van der Waals surface area contributed by atoms with Crippen LogP contribution in [-0.2, 0) is 0 Å². The van der Waals surface area contributed by atoms with Crippen LogP contribution in [0, 0.1) is 15.5 Å². The van der Waals surface area contributed by atoms with Gasteiger partial charge in [-0.05, 0) is 25.7 Å². The number of quaternary nitrogens is 1. The largest absolute Gasteiger partial charge is 0.585 e. The molecule has 0 bridgehead atoms. The Balaban J connectivity index is 0. The summed E-state index contributed by atoms with van der Waals surface area (Å²) < 4.78 is 18.1. The minimum atomic E-state index is -1.44. The molecule has 0 N–H and O–H groups in total. The first-order valence-electron chi connectivity index (χ1n) is 11.2. The second-order valence-electron chi connectivity index (χ2n) is 8.40. The molecule has 4 heteroatoms. The lowest BCUT2D eigenvalue weighted by molar-refractivity contribution is -1.41. The molecule has 0 atom stereocenters. The predicted octanol–water partition coefficient (Wildman–Crippen LogP) is 4.97. The Morgan fingerprint density at radius 1 is 0.500 bits per heavy atom. The van der Waals surface area contributed by atoms with E-state index in [0.29, 0.717) is 0 Å². The Morgan fingerprint density at radius 3 is 1.00 bits per heavy atom. The normalized spacial score (nSPS) is 11.3. The van der Waals surface area contributed by atoms with Crippen LogP contribution >= 0.6 is 0 Å². The number of halogens is 1. The third kappa shape index (κ3) is 26.6. The van der Waals surface area contributed by atoms with Gasteiger partial charge in [0.1, 0.15) is 0 Å². The summed E-state index contributed by atoms with van der Waals surface area (Å²) in [5.74, 6) is 0. The van der Waals surface area contributed by atoms with E-state index < -0.39 is 15.5 Å². The van der Waals surface area contributed by atoms with E-state index in [1.165, 1.54) is 120 Å². The average molecular weight is 439 g/mol. The molecule has 0 spiro atoms. The maximum absolute atomic E-state index is 8.41. The molecule has 0 heterocycles. The van der Waals surface area contributed by atoms with Gasteiger partial charge < -0.3 is 12.9 Å². The van der Waals surface area contributed by atoms with E-state index in [4.69, 9.17) is 8.40 Å². The standard InChI is InChI=1S/C22H48N.BrO2/c1-5-7-9-11-13-15-17-19-21-23(3,4)22-20-18-16-14-12-10-8-6-2;2-1-3/h5-22H2,1-4H3;/q+1;-1. The fourth-order valence-corrected chi connectivity index (χ4v) is 3.46. The molecule has 3 nitrogen and oxygen atoms in total. The van der Waals surface area contributed by atoms with E-state index in [0.717, 1.165) is 0 Å². The van der Waals surface area contributed by atoms with Gasteiger partial charge in [0.25, 0.3) is 0 Å². The second-order valence-corrected chi connectivity index (χ2v) is 8.66. The van der Waals surface area contributed by atoms with Crippen LogP contribution in [0.2, 0.25) is 0 Å². The number of nitrogens with zero attached hydrogens (tertiary/aromatic N) is 1. The van der Waals surface area contributed by atoms with Crippen molar-refractivity contribution in [1.82, 2.24) is 0 Å². The highest BCUT2D eigenvalue weighted by atomic mass is 79.9. The Labute approximate surface area is 172 Å². The van der Waals surface area contributed by atoms with E-state index >= 15 is 0 Å². The second kappa shape index (κ2) is 23.4. The lowest BCUT2D eigenvalue weighted by atomic mass is 10.1. The van der Waals surface area contributed by atoms with Crippen molar-refractivity contribution in [2.45, 2.75) is 117 Å². The molecule has 0 unspecified atom stereocenters. The predicted molar refractivity (Wildman–Crippen MR) is 107 cm³/mol. The highest BCUT2D eigenvalue weighted by molar-refractivity contribution is 4.48. The highest BCUT2D eigenvalue weighted by Gasteiger charge is 2.13. The van der Waals surface area contributed by atoms with Gasteiger partial charge in [-0.3, -0.25) is 0 Å². The van der Waals surface area contributed by atoms with Crippen LogP contribution in [0.4, 0.5) is 0 Å². The van der Waals surface area contributed by atoms with Gasteiger partial charge >= 0.3 is 0 Å². The van der Waals surface area contributed by atoms with E-state index in [1.54, 1.807) is 0 Å². The molecule has 0 aliphatic heterocycles. The van der Waals surface area contributed by atoms with Gasteiger partial charge in [-0.25, -0.2) is 0 Å². The zero-order valence-electron chi connectivity index (χ0n) is 18.4. The summed E-state index contributed by atoms with van der Waals surface area (Å²) in [5.41, 5.74) is 0. The Bertz CT molecular complexity index is 228. The monoisotopic (exact) mass is 437 g/mol. The van der Waals surface area contributed by atoms with Crippen molar-refractivity contribution in [2.75, 3.05) is 27.2 Å². The molecule has 160 valence electrons. The summed E-state index contributed by atoms with van der Waals surface area (Å²) in [7, 11) is 4.87. The molecular formula is C22H48BrNO2. The topological polar surface area (TPSA) is 46.1 Å². The SMILES string of the molecule is CCCCCCCCCC[N+](C)(C)CCCCCCCCCC.[O-][Br+][O-]. The van der Waals surface area contributed by atoms with E-state index in [1.807, 2.05) is 0 Å². The molecular weight excluding hydrogens is 390 g/mol. The maximum Gasteiger partial charge on any atom is 0.170 e. The lowest BCUT2D eigenvalue weighted by Crippen LogP contribution is -2.41. The molecule has 0 aromatic carbocycles. The first-order chi connectivity index (χ1) is 12.5. The molecule has 26 heavy (non-hydrogen) atoms. The molecule has 0 fully saturated rings. The first kappa shape index (κ1) is 28.6. The van der Waals surface area contributed by atoms with Crippen molar-refractivity contribution in [3.05, 3.63) is 0 Å². The van der Waals surface area contributed by atoms with Crippen molar-refractivity contribution >= 4 is 0 Å². The molecule has 0 rings (SSSR count). The Hall–Kier alpha value is 0.360. The van der Waals surface area contributed by atoms with Crippen molar-refractivity contribution in [1.29, 1.82) is 0 Å². The fourth-order valence-electron chi connectivity index (χ4n) is 3.46. The van der Waals surface area contributed by atoms with Crippen molar-refractivity contribution in [2.24, 2.45) is 0 Å². The molecule has 0 aliphatic rings. The van der Waals surface area contributed by atoms with Gasteiger partial charge in [-0.15, -0.1) is 0 Å². The van der Waals surface area contributed by atoms with E-state index in [-0.39, 0.29) is 0 Å². The maximum atomic E-state index is 8.41. The van der Waals surface area contributed by atoms with Crippen LogP contribution in [0.3, 0.4) is 0 Å². The molecule has 0 aromatic rings. The molecule has 0 amide bonds. The van der Waals surface area contributed by atoms with Crippen LogP contribution in [0.1, 0.15) is 117 Å². The van der Waals surface area contributed by atoms with Crippen LogP contribution < -0.4 is 8.40 Å². The van der Waals surface area contributed by atoms with Crippen LogP contribution in [-0.4, -0.2) is 31.7 Å². The molecule has 0 aliphatic carbocycles.